The maximum atomic E-state index is 12.4. The number of esters is 1. The lowest BCUT2D eigenvalue weighted by atomic mass is 10.1. The predicted molar refractivity (Wildman–Crippen MR) is 105 cm³/mol. The molecule has 0 amide bonds. The van der Waals surface area contributed by atoms with Crippen LogP contribution in [0.25, 0.3) is 11.3 Å². The lowest BCUT2D eigenvalue weighted by molar-refractivity contribution is -0.137. The molecule has 0 N–H and O–H groups in total. The lowest BCUT2D eigenvalue weighted by Crippen LogP contribution is -2.11. The third-order valence-corrected chi connectivity index (χ3v) is 4.07. The van der Waals surface area contributed by atoms with Crippen molar-refractivity contribution in [3.63, 3.8) is 0 Å². The van der Waals surface area contributed by atoms with Gasteiger partial charge in [-0.1, -0.05) is 34.8 Å². The van der Waals surface area contributed by atoms with Crippen LogP contribution in [-0.2, 0) is 9.53 Å². The van der Waals surface area contributed by atoms with Crippen LogP contribution in [0.3, 0.4) is 0 Å². The maximum Gasteiger partial charge on any atom is 0.332 e. The van der Waals surface area contributed by atoms with Crippen LogP contribution < -0.4 is 0 Å². The molecule has 6 nitrogen and oxygen atoms in total. The van der Waals surface area contributed by atoms with Crippen molar-refractivity contribution in [2.24, 2.45) is 0 Å². The molecule has 1 aromatic heterocycles. The molecule has 0 fully saturated rings. The van der Waals surface area contributed by atoms with Gasteiger partial charge in [0.1, 0.15) is 12.0 Å². The van der Waals surface area contributed by atoms with Gasteiger partial charge in [-0.05, 0) is 18.2 Å². The fourth-order valence-corrected chi connectivity index (χ4v) is 2.91. The quantitative estimate of drug-likeness (QED) is 0.372. The number of halogens is 3. The monoisotopic (exact) mass is 427 g/mol. The van der Waals surface area contributed by atoms with Gasteiger partial charge in [0.05, 0.1) is 17.3 Å². The van der Waals surface area contributed by atoms with Crippen LogP contribution in [0.1, 0.15) is 16.9 Å². The molecule has 0 saturated heterocycles. The molecule has 0 atom stereocenters. The van der Waals surface area contributed by atoms with Gasteiger partial charge in [0.25, 0.3) is 0 Å². The molecule has 9 heteroatoms. The van der Waals surface area contributed by atoms with E-state index in [2.05, 4.69) is 9.97 Å². The fourth-order valence-electron chi connectivity index (χ4n) is 2.08. The zero-order chi connectivity index (χ0) is 20.0. The largest absolute Gasteiger partial charge is 0.462 e. The summed E-state index contributed by atoms with van der Waals surface area (Å²) in [7, 11) is 3.55. The first-order chi connectivity index (χ1) is 12.8. The summed E-state index contributed by atoms with van der Waals surface area (Å²) in [6.45, 7) is -0.0892. The smallest absolute Gasteiger partial charge is 0.332 e. The number of aromatic nitrogens is 2. The Morgan fingerprint density at radius 1 is 1.11 bits per heavy atom. The van der Waals surface area contributed by atoms with Crippen molar-refractivity contribution in [3.8, 4) is 11.3 Å². The second-order valence-corrected chi connectivity index (χ2v) is 6.91. The minimum absolute atomic E-state index is 0.0395. The summed E-state index contributed by atoms with van der Waals surface area (Å²) >= 11 is 18.3. The minimum Gasteiger partial charge on any atom is -0.462 e. The van der Waals surface area contributed by atoms with Gasteiger partial charge in [0.15, 0.2) is 5.78 Å². The first-order valence-corrected chi connectivity index (χ1v) is 8.93. The van der Waals surface area contributed by atoms with Gasteiger partial charge in [-0.25, -0.2) is 14.8 Å². The number of benzene rings is 1. The normalized spacial score (nSPS) is 10.9. The van der Waals surface area contributed by atoms with Crippen LogP contribution in [-0.4, -0.2) is 47.3 Å². The van der Waals surface area contributed by atoms with E-state index in [0.29, 0.717) is 21.3 Å². The summed E-state index contributed by atoms with van der Waals surface area (Å²) in [6, 6.07) is 4.84. The van der Waals surface area contributed by atoms with Gasteiger partial charge in [0, 0.05) is 48.4 Å². The molecule has 1 heterocycles. The average Bonchev–Trinajstić information content (AvgIpc) is 2.59. The molecule has 0 unspecified atom stereocenters. The van der Waals surface area contributed by atoms with Crippen LogP contribution in [0.4, 0.5) is 0 Å². The van der Waals surface area contributed by atoms with Crippen LogP contribution in [0, 0.1) is 0 Å². The highest BCUT2D eigenvalue weighted by Crippen LogP contribution is 2.32. The third-order valence-electron chi connectivity index (χ3n) is 3.27. The summed E-state index contributed by atoms with van der Waals surface area (Å²) in [4.78, 5) is 33.6. The molecule has 1 aromatic carbocycles. The molecule has 0 aliphatic rings. The van der Waals surface area contributed by atoms with E-state index < -0.39 is 5.97 Å². The van der Waals surface area contributed by atoms with Crippen molar-refractivity contribution in [2.45, 2.75) is 6.42 Å². The summed E-state index contributed by atoms with van der Waals surface area (Å²) in [5.41, 5.74) is 0.942. The van der Waals surface area contributed by atoms with Crippen molar-refractivity contribution in [3.05, 3.63) is 57.6 Å². The predicted octanol–water partition coefficient (Wildman–Crippen LogP) is 4.30. The first-order valence-electron chi connectivity index (χ1n) is 7.79. The molecular weight excluding hydrogens is 413 g/mol. The second-order valence-electron chi connectivity index (χ2n) is 5.66. The molecule has 142 valence electrons. The van der Waals surface area contributed by atoms with Crippen molar-refractivity contribution in [2.75, 3.05) is 20.7 Å². The highest BCUT2D eigenvalue weighted by molar-refractivity contribution is 6.37. The number of hydrogen-bond donors (Lipinski definition) is 0. The Balaban J connectivity index is 2.10. The van der Waals surface area contributed by atoms with E-state index in [-0.39, 0.29) is 29.5 Å². The zero-order valence-corrected chi connectivity index (χ0v) is 16.8. The van der Waals surface area contributed by atoms with Crippen molar-refractivity contribution in [1.82, 2.24) is 14.9 Å². The third kappa shape index (κ3) is 6.20. The van der Waals surface area contributed by atoms with E-state index in [4.69, 9.17) is 39.5 Å². The molecular formula is C18H16Cl3N3O3. The van der Waals surface area contributed by atoms with Gasteiger partial charge in [-0.15, -0.1) is 0 Å². The molecule has 0 radical (unpaired) electrons. The molecule has 2 rings (SSSR count). The number of carbonyl (C=O) groups is 2. The highest BCUT2D eigenvalue weighted by atomic mass is 35.5. The lowest BCUT2D eigenvalue weighted by Gasteiger charge is -2.08. The highest BCUT2D eigenvalue weighted by Gasteiger charge is 2.18. The molecule has 0 bridgehead atoms. The molecule has 0 saturated carbocycles. The number of carbonyl (C=O) groups excluding carboxylic acids is 2. The molecule has 27 heavy (non-hydrogen) atoms. The van der Waals surface area contributed by atoms with Gasteiger partial charge < -0.3 is 9.64 Å². The Hall–Kier alpha value is -2.15. The standard InChI is InChI=1S/C18H16Cl3N3O3/c1-24(2)5-3-15(26)27-6-4-14(25)18-16(21)17(22-10-23-18)11-7-12(19)9-13(20)8-11/h3,5,7-10H,4,6H2,1-2H3. The number of nitrogens with zero attached hydrogens (tertiary/aromatic N) is 3. The van der Waals surface area contributed by atoms with E-state index in [1.807, 2.05) is 0 Å². The summed E-state index contributed by atoms with van der Waals surface area (Å²) in [5, 5.41) is 0.912. The van der Waals surface area contributed by atoms with Gasteiger partial charge >= 0.3 is 5.97 Å². The number of Topliss-reactive ketones (excluding diaryl/α,β-unsaturated/α-hetero) is 1. The van der Waals surface area contributed by atoms with E-state index in [1.54, 1.807) is 43.4 Å². The number of ether oxygens (including phenoxy) is 1. The summed E-state index contributed by atoms with van der Waals surface area (Å²) in [6.07, 6.45) is 3.99. The Morgan fingerprint density at radius 2 is 1.78 bits per heavy atom. The van der Waals surface area contributed by atoms with Crippen molar-refractivity contribution < 1.29 is 14.3 Å². The maximum absolute atomic E-state index is 12.4. The molecule has 0 aliphatic heterocycles. The first kappa shape index (κ1) is 21.2. The summed E-state index contributed by atoms with van der Waals surface area (Å²) in [5.74, 6) is -0.916. The Kier molecular flexibility index (Phi) is 7.59. The van der Waals surface area contributed by atoms with E-state index in [1.165, 1.54) is 12.4 Å². The van der Waals surface area contributed by atoms with Crippen LogP contribution >= 0.6 is 34.8 Å². The van der Waals surface area contributed by atoms with Crippen LogP contribution in [0.2, 0.25) is 15.1 Å². The van der Waals surface area contributed by atoms with Crippen LogP contribution in [0.5, 0.6) is 0 Å². The Labute approximate surface area is 171 Å². The zero-order valence-electron chi connectivity index (χ0n) is 14.6. The van der Waals surface area contributed by atoms with Gasteiger partial charge in [-0.3, -0.25) is 4.79 Å². The van der Waals surface area contributed by atoms with E-state index >= 15 is 0 Å². The van der Waals surface area contributed by atoms with Crippen LogP contribution in [0.15, 0.2) is 36.8 Å². The second kappa shape index (κ2) is 9.69. The van der Waals surface area contributed by atoms with Crippen molar-refractivity contribution in [1.29, 1.82) is 0 Å². The number of ketones is 1. The molecule has 2 aromatic rings. The Morgan fingerprint density at radius 3 is 2.41 bits per heavy atom. The number of rotatable bonds is 7. The number of hydrogen-bond acceptors (Lipinski definition) is 6. The van der Waals surface area contributed by atoms with E-state index in [0.717, 1.165) is 0 Å². The topological polar surface area (TPSA) is 72.4 Å². The minimum atomic E-state index is -0.542. The SMILES string of the molecule is CN(C)C=CC(=O)OCCC(=O)c1ncnc(-c2cc(Cl)cc(Cl)c2)c1Cl. The average molecular weight is 429 g/mol. The van der Waals surface area contributed by atoms with E-state index in [9.17, 15) is 9.59 Å². The Bertz CT molecular complexity index is 865. The summed E-state index contributed by atoms with van der Waals surface area (Å²) < 4.78 is 4.98. The molecule has 0 spiro atoms. The molecule has 0 aliphatic carbocycles. The van der Waals surface area contributed by atoms with Gasteiger partial charge in [-0.2, -0.15) is 0 Å². The van der Waals surface area contributed by atoms with Crippen molar-refractivity contribution >= 4 is 46.6 Å². The van der Waals surface area contributed by atoms with Gasteiger partial charge in [0.2, 0.25) is 0 Å². The fraction of sp³-hybridized carbons (Fsp3) is 0.222.